The molecule has 3 aromatic heterocycles. The number of nitrogens with one attached hydrogen (secondary N) is 1. The molecule has 4 heterocycles. The van der Waals surface area contributed by atoms with E-state index in [0.717, 1.165) is 54.7 Å². The summed E-state index contributed by atoms with van der Waals surface area (Å²) in [5, 5.41) is 8.10. The molecule has 124 valence electrons. The summed E-state index contributed by atoms with van der Waals surface area (Å²) in [7, 11) is 2.13. The monoisotopic (exact) mass is 325 g/mol. The van der Waals surface area contributed by atoms with Crippen molar-refractivity contribution in [2.75, 3.05) is 43.4 Å². The molecule has 0 unspecified atom stereocenters. The summed E-state index contributed by atoms with van der Waals surface area (Å²) in [4.78, 5) is 17.8. The van der Waals surface area contributed by atoms with Crippen molar-refractivity contribution in [2.45, 2.75) is 6.92 Å². The zero-order chi connectivity index (χ0) is 16.5. The van der Waals surface area contributed by atoms with Gasteiger partial charge in [-0.1, -0.05) is 5.16 Å². The van der Waals surface area contributed by atoms with Gasteiger partial charge in [-0.3, -0.25) is 0 Å². The van der Waals surface area contributed by atoms with Crippen LogP contribution in [0.3, 0.4) is 0 Å². The molecule has 1 fully saturated rings. The number of hydrogen-bond acceptors (Lipinski definition) is 8. The van der Waals surface area contributed by atoms with Gasteiger partial charge in [0.2, 0.25) is 5.95 Å². The average molecular weight is 325 g/mol. The molecule has 0 saturated carbocycles. The molecular formula is C16H19N7O. The summed E-state index contributed by atoms with van der Waals surface area (Å²) in [5.41, 5.74) is 2.21. The van der Waals surface area contributed by atoms with Gasteiger partial charge in [-0.15, -0.1) is 0 Å². The molecule has 4 rings (SSSR count). The Balaban J connectivity index is 1.55. The summed E-state index contributed by atoms with van der Waals surface area (Å²) < 4.78 is 5.14. The van der Waals surface area contributed by atoms with E-state index in [2.05, 4.69) is 42.3 Å². The second kappa shape index (κ2) is 6.04. The molecule has 0 atom stereocenters. The van der Waals surface area contributed by atoms with Crippen molar-refractivity contribution in [1.82, 2.24) is 25.0 Å². The van der Waals surface area contributed by atoms with Crippen molar-refractivity contribution in [3.05, 3.63) is 30.2 Å². The predicted octanol–water partition coefficient (Wildman–Crippen LogP) is 1.82. The summed E-state index contributed by atoms with van der Waals surface area (Å²) >= 11 is 0. The van der Waals surface area contributed by atoms with E-state index >= 15 is 0 Å². The second-order valence-corrected chi connectivity index (χ2v) is 6.00. The van der Waals surface area contributed by atoms with E-state index in [9.17, 15) is 0 Å². The van der Waals surface area contributed by atoms with Gasteiger partial charge in [0.1, 0.15) is 5.82 Å². The molecule has 0 aromatic carbocycles. The van der Waals surface area contributed by atoms with Gasteiger partial charge in [-0.25, -0.2) is 9.97 Å². The fourth-order valence-corrected chi connectivity index (χ4v) is 2.74. The van der Waals surface area contributed by atoms with E-state index in [1.165, 1.54) is 0 Å². The van der Waals surface area contributed by atoms with Crippen LogP contribution in [0, 0.1) is 6.92 Å². The van der Waals surface area contributed by atoms with Crippen LogP contribution in [0.2, 0.25) is 0 Å². The van der Waals surface area contributed by atoms with Crippen LogP contribution >= 0.6 is 0 Å². The molecule has 8 heteroatoms. The molecule has 8 nitrogen and oxygen atoms in total. The topological polar surface area (TPSA) is 83.2 Å². The maximum Gasteiger partial charge on any atom is 0.258 e. The van der Waals surface area contributed by atoms with E-state index in [0.29, 0.717) is 5.71 Å². The van der Waals surface area contributed by atoms with Gasteiger partial charge in [0, 0.05) is 32.4 Å². The maximum absolute atomic E-state index is 5.14. The lowest BCUT2D eigenvalue weighted by atomic mass is 10.2. The van der Waals surface area contributed by atoms with Crippen molar-refractivity contribution < 1.29 is 4.52 Å². The molecule has 1 N–H and O–H groups in total. The number of pyridine rings is 1. The summed E-state index contributed by atoms with van der Waals surface area (Å²) in [5.74, 6) is 1.50. The van der Waals surface area contributed by atoms with E-state index in [4.69, 9.17) is 4.52 Å². The molecule has 0 bridgehead atoms. The van der Waals surface area contributed by atoms with Gasteiger partial charge < -0.3 is 19.6 Å². The largest absolute Gasteiger partial charge is 0.339 e. The Kier molecular flexibility index (Phi) is 3.73. The minimum atomic E-state index is 0.541. The van der Waals surface area contributed by atoms with Crippen LogP contribution in [-0.2, 0) is 0 Å². The standard InChI is InChI=1S/C16H19N7O/c1-11-13-9-12(10-18-15(13)24-21-11)19-14-3-4-17-16(20-14)23-7-5-22(2)6-8-23/h3-4,9-10H,5-8H2,1-2H3,(H,17,19,20). The highest BCUT2D eigenvalue weighted by atomic mass is 16.5. The van der Waals surface area contributed by atoms with E-state index in [-0.39, 0.29) is 0 Å². The first kappa shape index (κ1) is 14.8. The number of anilines is 3. The molecule has 0 radical (unpaired) electrons. The second-order valence-electron chi connectivity index (χ2n) is 6.00. The highest BCUT2D eigenvalue weighted by molar-refractivity contribution is 5.80. The number of fused-ring (bicyclic) bond motifs is 1. The third-order valence-electron chi connectivity index (χ3n) is 4.21. The maximum atomic E-state index is 5.14. The zero-order valence-corrected chi connectivity index (χ0v) is 13.7. The Labute approximate surface area is 139 Å². The zero-order valence-electron chi connectivity index (χ0n) is 13.7. The number of rotatable bonds is 3. The number of likely N-dealkylation sites (N-methyl/N-ethyl adjacent to an activating group) is 1. The van der Waals surface area contributed by atoms with Gasteiger partial charge >= 0.3 is 0 Å². The molecule has 1 saturated heterocycles. The summed E-state index contributed by atoms with van der Waals surface area (Å²) in [6.45, 7) is 5.82. The van der Waals surface area contributed by atoms with E-state index in [1.54, 1.807) is 12.4 Å². The lowest BCUT2D eigenvalue weighted by molar-refractivity contribution is 0.311. The average Bonchev–Trinajstić information content (AvgIpc) is 2.97. The minimum absolute atomic E-state index is 0.541. The van der Waals surface area contributed by atoms with Gasteiger partial charge in [0.15, 0.2) is 0 Å². The first-order valence-electron chi connectivity index (χ1n) is 7.94. The van der Waals surface area contributed by atoms with Crippen LogP contribution < -0.4 is 10.2 Å². The third-order valence-corrected chi connectivity index (χ3v) is 4.21. The van der Waals surface area contributed by atoms with Crippen molar-refractivity contribution >= 4 is 28.6 Å². The fraction of sp³-hybridized carbons (Fsp3) is 0.375. The molecule has 3 aromatic rings. The van der Waals surface area contributed by atoms with Crippen LogP contribution in [-0.4, -0.2) is 58.2 Å². The molecule has 1 aliphatic heterocycles. The van der Waals surface area contributed by atoms with Gasteiger partial charge in [-0.05, 0) is 26.1 Å². The first-order chi connectivity index (χ1) is 11.7. The smallest absolute Gasteiger partial charge is 0.258 e. The van der Waals surface area contributed by atoms with Crippen LogP contribution in [0.25, 0.3) is 11.1 Å². The molecule has 1 aliphatic rings. The predicted molar refractivity (Wildman–Crippen MR) is 91.6 cm³/mol. The Morgan fingerprint density at radius 2 is 2.00 bits per heavy atom. The lowest BCUT2D eigenvalue weighted by Crippen LogP contribution is -2.45. The molecule has 0 amide bonds. The Bertz CT molecular complexity index is 855. The third kappa shape index (κ3) is 2.88. The normalized spacial score (nSPS) is 15.8. The number of aryl methyl sites for hydroxylation is 1. The molecule has 0 spiro atoms. The van der Waals surface area contributed by atoms with Crippen molar-refractivity contribution in [3.8, 4) is 0 Å². The Hall–Kier alpha value is -2.74. The minimum Gasteiger partial charge on any atom is -0.339 e. The van der Waals surface area contributed by atoms with Crippen LogP contribution in [0.5, 0.6) is 0 Å². The first-order valence-corrected chi connectivity index (χ1v) is 7.94. The van der Waals surface area contributed by atoms with Crippen LogP contribution in [0.1, 0.15) is 5.69 Å². The van der Waals surface area contributed by atoms with Crippen molar-refractivity contribution in [3.63, 3.8) is 0 Å². The summed E-state index contributed by atoms with van der Waals surface area (Å²) in [6.07, 6.45) is 3.49. The SMILES string of the molecule is Cc1noc2ncc(Nc3ccnc(N4CCN(C)CC4)n3)cc12. The fourth-order valence-electron chi connectivity index (χ4n) is 2.74. The number of piperazine rings is 1. The van der Waals surface area contributed by atoms with Gasteiger partial charge in [0.05, 0.1) is 23.0 Å². The van der Waals surface area contributed by atoms with Gasteiger partial charge in [-0.2, -0.15) is 4.98 Å². The highest BCUT2D eigenvalue weighted by Gasteiger charge is 2.16. The van der Waals surface area contributed by atoms with Crippen LogP contribution in [0.15, 0.2) is 29.0 Å². The highest BCUT2D eigenvalue weighted by Crippen LogP contribution is 2.22. The number of aromatic nitrogens is 4. The Morgan fingerprint density at radius 1 is 1.17 bits per heavy atom. The molecular weight excluding hydrogens is 306 g/mol. The van der Waals surface area contributed by atoms with Crippen molar-refractivity contribution in [1.29, 1.82) is 0 Å². The van der Waals surface area contributed by atoms with E-state index in [1.807, 2.05) is 19.1 Å². The van der Waals surface area contributed by atoms with Crippen LogP contribution in [0.4, 0.5) is 17.5 Å². The number of nitrogens with zero attached hydrogens (tertiary/aromatic N) is 6. The summed E-state index contributed by atoms with van der Waals surface area (Å²) in [6, 6.07) is 3.82. The molecule has 0 aliphatic carbocycles. The van der Waals surface area contributed by atoms with E-state index < -0.39 is 0 Å². The van der Waals surface area contributed by atoms with Gasteiger partial charge in [0.25, 0.3) is 5.71 Å². The number of hydrogen-bond donors (Lipinski definition) is 1. The molecule has 24 heavy (non-hydrogen) atoms. The quantitative estimate of drug-likeness (QED) is 0.781. The van der Waals surface area contributed by atoms with Crippen molar-refractivity contribution in [2.24, 2.45) is 0 Å². The Morgan fingerprint density at radius 3 is 2.83 bits per heavy atom. The lowest BCUT2D eigenvalue weighted by Gasteiger charge is -2.32.